The molecule has 2 rings (SSSR count). The van der Waals surface area contributed by atoms with Crippen LogP contribution in [0.4, 0.5) is 0 Å². The molecule has 0 aliphatic heterocycles. The minimum absolute atomic E-state index is 0.789. The minimum atomic E-state index is 0.789. The lowest BCUT2D eigenvalue weighted by atomic mass is 9.94. The molecule has 0 saturated heterocycles. The molecule has 1 fully saturated rings. The molecule has 0 bridgehead atoms. The van der Waals surface area contributed by atoms with Crippen LogP contribution in [0, 0.1) is 0 Å². The number of nitrogens with two attached hydrogens (primary N) is 1. The maximum atomic E-state index is 5.68. The second-order valence-corrected chi connectivity index (χ2v) is 5.74. The molecule has 19 heavy (non-hydrogen) atoms. The molecule has 4 heteroatoms. The lowest BCUT2D eigenvalue weighted by molar-refractivity contribution is 0.156. The van der Waals surface area contributed by atoms with Crippen LogP contribution in [0.15, 0.2) is 12.4 Å². The molecule has 4 nitrogen and oxygen atoms in total. The fourth-order valence-corrected chi connectivity index (χ4v) is 3.09. The van der Waals surface area contributed by atoms with Crippen LogP contribution in [0.2, 0.25) is 0 Å². The normalized spacial score (nSPS) is 17.2. The molecule has 0 aromatic carbocycles. The third-order valence-corrected chi connectivity index (χ3v) is 4.19. The van der Waals surface area contributed by atoms with Crippen LogP contribution in [-0.4, -0.2) is 40.4 Å². The highest BCUT2D eigenvalue weighted by atomic mass is 15.2. The second-order valence-electron chi connectivity index (χ2n) is 5.74. The number of hydrogen-bond acceptors (Lipinski definition) is 3. The number of aromatic nitrogens is 2. The van der Waals surface area contributed by atoms with Gasteiger partial charge in [0.05, 0.1) is 6.20 Å². The zero-order valence-electron chi connectivity index (χ0n) is 12.2. The summed E-state index contributed by atoms with van der Waals surface area (Å²) in [6, 6.07) is 0.789. The Morgan fingerprint density at radius 2 is 2.11 bits per heavy atom. The zero-order valence-corrected chi connectivity index (χ0v) is 12.2. The lowest BCUT2D eigenvalue weighted by Gasteiger charge is -2.34. The van der Waals surface area contributed by atoms with Gasteiger partial charge < -0.3 is 10.6 Å². The van der Waals surface area contributed by atoms with Crippen LogP contribution in [0.3, 0.4) is 0 Å². The Hall–Kier alpha value is -0.870. The van der Waals surface area contributed by atoms with Crippen molar-refractivity contribution >= 4 is 0 Å². The molecule has 1 aliphatic rings. The van der Waals surface area contributed by atoms with E-state index in [1.807, 2.05) is 17.9 Å². The van der Waals surface area contributed by atoms with Crippen molar-refractivity contribution in [1.29, 1.82) is 0 Å². The van der Waals surface area contributed by atoms with Crippen LogP contribution < -0.4 is 5.73 Å². The third-order valence-electron chi connectivity index (χ3n) is 4.19. The van der Waals surface area contributed by atoms with Gasteiger partial charge in [-0.3, -0.25) is 4.68 Å². The highest BCUT2D eigenvalue weighted by Gasteiger charge is 2.20. The maximum absolute atomic E-state index is 5.68. The van der Waals surface area contributed by atoms with E-state index in [4.69, 9.17) is 5.73 Å². The van der Waals surface area contributed by atoms with Gasteiger partial charge in [0, 0.05) is 25.8 Å². The van der Waals surface area contributed by atoms with Gasteiger partial charge in [-0.1, -0.05) is 19.3 Å². The van der Waals surface area contributed by atoms with E-state index >= 15 is 0 Å². The molecule has 0 amide bonds. The summed E-state index contributed by atoms with van der Waals surface area (Å²) in [6.07, 6.45) is 13.3. The molecule has 1 heterocycles. The Morgan fingerprint density at radius 3 is 2.74 bits per heavy atom. The van der Waals surface area contributed by atoms with E-state index in [0.29, 0.717) is 0 Å². The Balaban J connectivity index is 1.85. The van der Waals surface area contributed by atoms with Crippen molar-refractivity contribution in [2.24, 2.45) is 12.8 Å². The second kappa shape index (κ2) is 7.65. The number of nitrogens with zero attached hydrogens (tertiary/aromatic N) is 3. The van der Waals surface area contributed by atoms with E-state index < -0.39 is 0 Å². The van der Waals surface area contributed by atoms with Crippen molar-refractivity contribution < 1.29 is 0 Å². The quantitative estimate of drug-likeness (QED) is 0.819. The Bertz CT molecular complexity index is 355. The highest BCUT2D eigenvalue weighted by molar-refractivity contribution is 5.04. The average molecular weight is 264 g/mol. The van der Waals surface area contributed by atoms with Gasteiger partial charge in [-0.05, 0) is 44.3 Å². The van der Waals surface area contributed by atoms with Gasteiger partial charge in [-0.25, -0.2) is 0 Å². The van der Waals surface area contributed by atoms with Gasteiger partial charge in [-0.2, -0.15) is 5.10 Å². The summed E-state index contributed by atoms with van der Waals surface area (Å²) >= 11 is 0. The topological polar surface area (TPSA) is 47.1 Å². The largest absolute Gasteiger partial charge is 0.330 e. The van der Waals surface area contributed by atoms with Crippen molar-refractivity contribution in [2.45, 2.75) is 51.0 Å². The number of rotatable bonds is 7. The zero-order chi connectivity index (χ0) is 13.5. The lowest BCUT2D eigenvalue weighted by Crippen LogP contribution is -2.39. The van der Waals surface area contributed by atoms with Crippen LogP contribution in [0.1, 0.15) is 44.1 Å². The van der Waals surface area contributed by atoms with Crippen molar-refractivity contribution in [1.82, 2.24) is 14.7 Å². The van der Waals surface area contributed by atoms with Gasteiger partial charge in [0.15, 0.2) is 0 Å². The van der Waals surface area contributed by atoms with Crippen LogP contribution in [0.25, 0.3) is 0 Å². The molecule has 0 atom stereocenters. The predicted molar refractivity (Wildman–Crippen MR) is 79.0 cm³/mol. The molecule has 108 valence electrons. The summed E-state index contributed by atoms with van der Waals surface area (Å²) in [5.41, 5.74) is 7.02. The molecule has 1 aliphatic carbocycles. The summed E-state index contributed by atoms with van der Waals surface area (Å²) < 4.78 is 1.89. The van der Waals surface area contributed by atoms with Gasteiger partial charge in [0.1, 0.15) is 0 Å². The number of hydrogen-bond donors (Lipinski definition) is 1. The first-order chi connectivity index (χ1) is 9.29. The molecule has 1 aromatic heterocycles. The van der Waals surface area contributed by atoms with Gasteiger partial charge in [-0.15, -0.1) is 0 Å². The molecule has 0 radical (unpaired) electrons. The minimum Gasteiger partial charge on any atom is -0.330 e. The highest BCUT2D eigenvalue weighted by Crippen LogP contribution is 2.23. The Labute approximate surface area is 117 Å². The Kier molecular flexibility index (Phi) is 5.86. The first-order valence-corrected chi connectivity index (χ1v) is 7.71. The van der Waals surface area contributed by atoms with Gasteiger partial charge in [0.2, 0.25) is 0 Å². The maximum Gasteiger partial charge on any atom is 0.0522 e. The van der Waals surface area contributed by atoms with E-state index in [1.54, 1.807) is 0 Å². The van der Waals surface area contributed by atoms with Crippen LogP contribution in [0.5, 0.6) is 0 Å². The summed E-state index contributed by atoms with van der Waals surface area (Å²) in [4.78, 5) is 2.67. The van der Waals surface area contributed by atoms with E-state index in [9.17, 15) is 0 Å². The van der Waals surface area contributed by atoms with Gasteiger partial charge >= 0.3 is 0 Å². The van der Waals surface area contributed by atoms with E-state index in [0.717, 1.165) is 38.5 Å². The first-order valence-electron chi connectivity index (χ1n) is 7.71. The predicted octanol–water partition coefficient (Wildman–Crippen LogP) is 1.95. The summed E-state index contributed by atoms with van der Waals surface area (Å²) in [6.45, 7) is 3.11. The summed E-state index contributed by atoms with van der Waals surface area (Å²) in [7, 11) is 1.98. The SMILES string of the molecule is Cn1cc(CCN(CCCN)C2CCCCC2)cn1. The molecular weight excluding hydrogens is 236 g/mol. The van der Waals surface area contributed by atoms with Crippen molar-refractivity contribution in [3.8, 4) is 0 Å². The van der Waals surface area contributed by atoms with Crippen molar-refractivity contribution in [2.75, 3.05) is 19.6 Å². The van der Waals surface area contributed by atoms with E-state index in [1.165, 1.54) is 37.7 Å². The molecule has 1 aromatic rings. The monoisotopic (exact) mass is 264 g/mol. The molecule has 1 saturated carbocycles. The van der Waals surface area contributed by atoms with E-state index in [2.05, 4.69) is 16.2 Å². The Morgan fingerprint density at radius 1 is 1.32 bits per heavy atom. The fourth-order valence-electron chi connectivity index (χ4n) is 3.09. The molecule has 0 unspecified atom stereocenters. The van der Waals surface area contributed by atoms with Crippen molar-refractivity contribution in [3.05, 3.63) is 18.0 Å². The third kappa shape index (κ3) is 4.62. The standard InChI is InChI=1S/C15H28N4/c1-18-13-14(12-17-18)8-11-19(10-5-9-16)15-6-3-2-4-7-15/h12-13,15H,2-11,16H2,1H3. The summed E-state index contributed by atoms with van der Waals surface area (Å²) in [5.74, 6) is 0. The first kappa shape index (κ1) is 14.5. The smallest absolute Gasteiger partial charge is 0.0522 e. The van der Waals surface area contributed by atoms with Crippen LogP contribution >= 0.6 is 0 Å². The fraction of sp³-hybridized carbons (Fsp3) is 0.800. The molecular formula is C15H28N4. The van der Waals surface area contributed by atoms with Crippen molar-refractivity contribution in [3.63, 3.8) is 0 Å². The average Bonchev–Trinajstić information content (AvgIpc) is 2.86. The van der Waals surface area contributed by atoms with Gasteiger partial charge in [0.25, 0.3) is 0 Å². The summed E-state index contributed by atoms with van der Waals surface area (Å²) in [5, 5.41) is 4.25. The molecule has 2 N–H and O–H groups in total. The van der Waals surface area contributed by atoms with Crippen LogP contribution in [-0.2, 0) is 13.5 Å². The van der Waals surface area contributed by atoms with E-state index in [-0.39, 0.29) is 0 Å². The number of aryl methyl sites for hydroxylation is 1. The molecule has 0 spiro atoms.